The molecule has 3 heterocycles. The van der Waals surface area contributed by atoms with Crippen molar-refractivity contribution in [1.82, 2.24) is 9.55 Å². The molecular formula is C17H20N4O9S. The second-order valence-corrected chi connectivity index (χ2v) is 8.32. The maximum Gasteiger partial charge on any atom is 0.351 e. The van der Waals surface area contributed by atoms with Crippen LogP contribution in [0.1, 0.15) is 35.3 Å². The fourth-order valence-electron chi connectivity index (χ4n) is 3.02. The second kappa shape index (κ2) is 8.32. The van der Waals surface area contributed by atoms with Crippen LogP contribution in [-0.2, 0) is 15.1 Å². The third kappa shape index (κ3) is 4.28. The van der Waals surface area contributed by atoms with E-state index in [9.17, 15) is 35.0 Å². The first-order chi connectivity index (χ1) is 14.5. The first-order valence-corrected chi connectivity index (χ1v) is 9.77. The summed E-state index contributed by atoms with van der Waals surface area (Å²) in [5.74, 6) is -1.42. The van der Waals surface area contributed by atoms with Crippen LogP contribution < -0.4 is 11.4 Å². The largest absolute Gasteiger partial charge is 0.450 e. The van der Waals surface area contributed by atoms with Crippen LogP contribution in [0.5, 0.6) is 0 Å². The molecule has 0 aliphatic carbocycles. The average molecular weight is 456 g/mol. The lowest BCUT2D eigenvalue weighted by atomic mass is 10.1. The van der Waals surface area contributed by atoms with Gasteiger partial charge in [0.15, 0.2) is 6.23 Å². The van der Waals surface area contributed by atoms with Gasteiger partial charge in [-0.1, -0.05) is 11.3 Å². The molecule has 0 saturated carbocycles. The van der Waals surface area contributed by atoms with Crippen LogP contribution in [-0.4, -0.2) is 60.7 Å². The van der Waals surface area contributed by atoms with Gasteiger partial charge in [-0.3, -0.25) is 14.7 Å². The Bertz CT molecular complexity index is 1070. The molecule has 168 valence electrons. The Balaban J connectivity index is 1.90. The van der Waals surface area contributed by atoms with Gasteiger partial charge in [0, 0.05) is 12.3 Å². The van der Waals surface area contributed by atoms with E-state index in [1.807, 2.05) is 0 Å². The van der Waals surface area contributed by atoms with Gasteiger partial charge in [-0.25, -0.2) is 9.59 Å². The molecule has 14 heteroatoms. The van der Waals surface area contributed by atoms with E-state index >= 15 is 0 Å². The van der Waals surface area contributed by atoms with E-state index in [0.29, 0.717) is 4.88 Å². The Morgan fingerprint density at radius 2 is 2.10 bits per heavy atom. The van der Waals surface area contributed by atoms with Crippen molar-refractivity contribution in [1.29, 1.82) is 0 Å². The summed E-state index contributed by atoms with van der Waals surface area (Å²) in [5, 5.41) is 40.0. The Morgan fingerprint density at radius 1 is 1.42 bits per heavy atom. The van der Waals surface area contributed by atoms with E-state index in [-0.39, 0.29) is 10.6 Å². The van der Waals surface area contributed by atoms with E-state index in [0.717, 1.165) is 22.1 Å². The van der Waals surface area contributed by atoms with Gasteiger partial charge in [0.1, 0.15) is 35.3 Å². The summed E-state index contributed by atoms with van der Waals surface area (Å²) in [5.41, 5.74) is 3.15. The summed E-state index contributed by atoms with van der Waals surface area (Å²) in [4.78, 5) is 39.3. The number of aliphatic hydroxyl groups is 3. The number of thiophene rings is 1. The minimum atomic E-state index is -1.58. The number of hydrogen-bond donors (Lipinski definition) is 4. The van der Waals surface area contributed by atoms with Gasteiger partial charge in [-0.15, -0.1) is 0 Å². The summed E-state index contributed by atoms with van der Waals surface area (Å²) in [6.07, 6.45) is -4.64. The molecule has 1 fully saturated rings. The minimum Gasteiger partial charge on any atom is -0.450 e. The number of hydrogen-bond acceptors (Lipinski definition) is 12. The molecule has 13 nitrogen and oxygen atoms in total. The molecule has 1 aliphatic rings. The Hall–Kier alpha value is -2.91. The Morgan fingerprint density at radius 3 is 2.65 bits per heavy atom. The van der Waals surface area contributed by atoms with Crippen molar-refractivity contribution in [2.75, 3.05) is 12.3 Å². The predicted octanol–water partition coefficient (Wildman–Crippen LogP) is -0.501. The lowest BCUT2D eigenvalue weighted by Gasteiger charge is -2.24. The van der Waals surface area contributed by atoms with Crippen molar-refractivity contribution in [3.63, 3.8) is 0 Å². The highest BCUT2D eigenvalue weighted by Gasteiger charge is 2.44. The maximum absolute atomic E-state index is 12.8. The molecule has 2 aromatic rings. The van der Waals surface area contributed by atoms with Gasteiger partial charge in [-0.2, -0.15) is 4.98 Å². The van der Waals surface area contributed by atoms with Gasteiger partial charge < -0.3 is 30.5 Å². The van der Waals surface area contributed by atoms with Crippen LogP contribution in [0.3, 0.4) is 0 Å². The zero-order valence-electron chi connectivity index (χ0n) is 16.4. The van der Waals surface area contributed by atoms with Crippen LogP contribution in [0.15, 0.2) is 23.1 Å². The molecule has 0 bridgehead atoms. The SMILES string of the molecule is CC(C)(OC(=O)c1cn([C@@H]2O[C@H](CO)[C@@H](O)[C@@H]2O)c(=O)nc1N)c1ccc([N+](=O)[O-])s1. The number of aliphatic hydroxyl groups excluding tert-OH is 3. The van der Waals surface area contributed by atoms with Crippen LogP contribution in [0.4, 0.5) is 10.8 Å². The molecule has 0 aromatic carbocycles. The van der Waals surface area contributed by atoms with Gasteiger partial charge in [0.05, 0.1) is 16.4 Å². The molecule has 5 N–H and O–H groups in total. The molecule has 3 rings (SSSR count). The standard InChI is InChI=1S/C17H20N4O9S/c1-17(2,9-3-4-10(31-9)21(27)28)30-15(25)7-5-20(16(26)19-13(7)18)14-12(24)11(23)8(6-22)29-14/h3-5,8,11-12,14,22-24H,6H2,1-2H3,(H2,18,19,26)/t8-,11-,12+,14-/m1/s1. The number of carbonyl (C=O) groups excluding carboxylic acids is 1. The third-order valence-electron chi connectivity index (χ3n) is 4.71. The Kier molecular flexibility index (Phi) is 6.11. The molecule has 1 saturated heterocycles. The molecule has 2 aromatic heterocycles. The first kappa shape index (κ1) is 22.8. The highest BCUT2D eigenvalue weighted by Crippen LogP contribution is 2.35. The molecule has 0 amide bonds. The number of nitrogen functional groups attached to an aromatic ring is 1. The fraction of sp³-hybridized carbons (Fsp3) is 0.471. The molecule has 4 atom stereocenters. The van der Waals surface area contributed by atoms with Crippen LogP contribution in [0.2, 0.25) is 0 Å². The number of nitrogens with two attached hydrogens (primary N) is 1. The van der Waals surface area contributed by atoms with Crippen molar-refractivity contribution < 1.29 is 34.5 Å². The molecule has 0 radical (unpaired) electrons. The van der Waals surface area contributed by atoms with E-state index in [4.69, 9.17) is 15.2 Å². The van der Waals surface area contributed by atoms with Crippen LogP contribution in [0.25, 0.3) is 0 Å². The van der Waals surface area contributed by atoms with E-state index in [1.54, 1.807) is 0 Å². The summed E-state index contributed by atoms with van der Waals surface area (Å²) in [7, 11) is 0. The normalized spacial score (nSPS) is 23.6. The van der Waals surface area contributed by atoms with E-state index in [1.165, 1.54) is 26.0 Å². The maximum atomic E-state index is 12.8. The lowest BCUT2D eigenvalue weighted by molar-refractivity contribution is -0.380. The second-order valence-electron chi connectivity index (χ2n) is 7.25. The monoisotopic (exact) mass is 456 g/mol. The fourth-order valence-corrected chi connectivity index (χ4v) is 3.88. The van der Waals surface area contributed by atoms with Crippen molar-refractivity contribution in [2.24, 2.45) is 0 Å². The molecule has 1 aliphatic heterocycles. The third-order valence-corrected chi connectivity index (χ3v) is 6.05. The molecule has 0 spiro atoms. The van der Waals surface area contributed by atoms with Gasteiger partial charge >= 0.3 is 16.7 Å². The summed E-state index contributed by atoms with van der Waals surface area (Å²) in [6.45, 7) is 2.43. The number of ether oxygens (including phenoxy) is 2. The molecule has 0 unspecified atom stereocenters. The van der Waals surface area contributed by atoms with Gasteiger partial charge in [-0.05, 0) is 19.9 Å². The summed E-state index contributed by atoms with van der Waals surface area (Å²) >= 11 is 0.836. The predicted molar refractivity (Wildman–Crippen MR) is 105 cm³/mol. The van der Waals surface area contributed by atoms with Crippen molar-refractivity contribution in [3.05, 3.63) is 49.4 Å². The highest BCUT2D eigenvalue weighted by molar-refractivity contribution is 7.15. The van der Waals surface area contributed by atoms with E-state index < -0.39 is 59.1 Å². The number of rotatable bonds is 6. The molecule has 31 heavy (non-hydrogen) atoms. The van der Waals surface area contributed by atoms with Crippen LogP contribution in [0, 0.1) is 10.1 Å². The van der Waals surface area contributed by atoms with Gasteiger partial charge in [0.25, 0.3) is 0 Å². The quantitative estimate of drug-likeness (QED) is 0.248. The number of nitrogens with zero attached hydrogens (tertiary/aromatic N) is 3. The van der Waals surface area contributed by atoms with Crippen LogP contribution >= 0.6 is 11.3 Å². The number of aromatic nitrogens is 2. The number of anilines is 1. The average Bonchev–Trinajstić information content (AvgIpc) is 3.29. The zero-order chi connectivity index (χ0) is 23.1. The topological polar surface area (TPSA) is 200 Å². The smallest absolute Gasteiger partial charge is 0.351 e. The minimum absolute atomic E-state index is 0.127. The summed E-state index contributed by atoms with van der Waals surface area (Å²) in [6, 6.07) is 2.74. The first-order valence-electron chi connectivity index (χ1n) is 8.95. The number of nitro groups is 1. The highest BCUT2D eigenvalue weighted by atomic mass is 32.1. The van der Waals surface area contributed by atoms with Gasteiger partial charge in [0.2, 0.25) is 0 Å². The van der Waals surface area contributed by atoms with E-state index in [2.05, 4.69) is 4.98 Å². The number of esters is 1. The zero-order valence-corrected chi connectivity index (χ0v) is 17.2. The van der Waals surface area contributed by atoms with Crippen molar-refractivity contribution >= 4 is 28.1 Å². The molecular weight excluding hydrogens is 436 g/mol. The lowest BCUT2D eigenvalue weighted by Crippen LogP contribution is -2.37. The van der Waals surface area contributed by atoms with Crippen molar-refractivity contribution in [3.8, 4) is 0 Å². The summed E-state index contributed by atoms with van der Waals surface area (Å²) < 4.78 is 11.5. The van der Waals surface area contributed by atoms with Crippen molar-refractivity contribution in [2.45, 2.75) is 44.0 Å². The number of carbonyl (C=O) groups is 1. The Labute approximate surface area is 178 Å².